The summed E-state index contributed by atoms with van der Waals surface area (Å²) >= 11 is 0. The van der Waals surface area contributed by atoms with Crippen molar-refractivity contribution in [2.45, 2.75) is 0 Å². The second kappa shape index (κ2) is 4.04. The minimum atomic E-state index is -0.597. The molecule has 0 amide bonds. The van der Waals surface area contributed by atoms with Crippen molar-refractivity contribution in [3.63, 3.8) is 0 Å². The van der Waals surface area contributed by atoms with Crippen molar-refractivity contribution in [3.05, 3.63) is 64.8 Å². The van der Waals surface area contributed by atoms with Gasteiger partial charge in [-0.05, 0) is 17.9 Å². The molecule has 1 heterocycles. The SMILES string of the molecule is O=c1c([O-])c(-c2ccccc2)oc2ccccc12. The highest BCUT2D eigenvalue weighted by molar-refractivity contribution is 5.81. The van der Waals surface area contributed by atoms with Crippen LogP contribution in [0.1, 0.15) is 0 Å². The Hall–Kier alpha value is -2.55. The first-order valence-corrected chi connectivity index (χ1v) is 5.55. The number of hydrogen-bond acceptors (Lipinski definition) is 3. The van der Waals surface area contributed by atoms with Gasteiger partial charge in [0.1, 0.15) is 11.3 Å². The van der Waals surface area contributed by atoms with Crippen molar-refractivity contribution in [2.75, 3.05) is 0 Å². The summed E-state index contributed by atoms with van der Waals surface area (Å²) in [7, 11) is 0. The van der Waals surface area contributed by atoms with E-state index in [9.17, 15) is 9.90 Å². The van der Waals surface area contributed by atoms with E-state index in [4.69, 9.17) is 4.42 Å². The van der Waals surface area contributed by atoms with Gasteiger partial charge in [0.25, 0.3) is 0 Å². The quantitative estimate of drug-likeness (QED) is 0.653. The summed E-state index contributed by atoms with van der Waals surface area (Å²) in [5, 5.41) is 12.3. The average molecular weight is 237 g/mol. The van der Waals surface area contributed by atoms with Crippen LogP contribution in [0.15, 0.2) is 63.8 Å². The van der Waals surface area contributed by atoms with Crippen LogP contribution in [0.4, 0.5) is 0 Å². The summed E-state index contributed by atoms with van der Waals surface area (Å²) in [5.41, 5.74) is 0.530. The monoisotopic (exact) mass is 237 g/mol. The fourth-order valence-corrected chi connectivity index (χ4v) is 1.90. The van der Waals surface area contributed by atoms with Gasteiger partial charge in [-0.2, -0.15) is 0 Å². The Balaban J connectivity index is 2.38. The lowest BCUT2D eigenvalue weighted by atomic mass is 10.1. The molecule has 1 aromatic heterocycles. The molecule has 0 N–H and O–H groups in total. The highest BCUT2D eigenvalue weighted by Crippen LogP contribution is 2.27. The summed E-state index contributed by atoms with van der Waals surface area (Å²) in [6.07, 6.45) is 0. The lowest BCUT2D eigenvalue weighted by molar-refractivity contribution is -0.270. The molecule has 2 aromatic carbocycles. The predicted octanol–water partition coefficient (Wildman–Crippen LogP) is 2.53. The van der Waals surface area contributed by atoms with Gasteiger partial charge in [0.2, 0.25) is 0 Å². The molecule has 0 radical (unpaired) electrons. The third kappa shape index (κ3) is 1.57. The number of hydrogen-bond donors (Lipinski definition) is 0. The maximum Gasteiger partial charge on any atom is 0.185 e. The molecule has 0 atom stereocenters. The molecule has 0 unspecified atom stereocenters. The molecule has 18 heavy (non-hydrogen) atoms. The fourth-order valence-electron chi connectivity index (χ4n) is 1.90. The Morgan fingerprint density at radius 1 is 0.889 bits per heavy atom. The zero-order valence-corrected chi connectivity index (χ0v) is 9.42. The minimum Gasteiger partial charge on any atom is -0.867 e. The first-order chi connectivity index (χ1) is 8.77. The van der Waals surface area contributed by atoms with Crippen molar-refractivity contribution in [2.24, 2.45) is 0 Å². The molecule has 0 aliphatic heterocycles. The topological polar surface area (TPSA) is 53.3 Å². The van der Waals surface area contributed by atoms with Gasteiger partial charge in [0.15, 0.2) is 5.43 Å². The van der Waals surface area contributed by atoms with E-state index in [1.807, 2.05) is 6.07 Å². The van der Waals surface area contributed by atoms with E-state index in [1.165, 1.54) is 0 Å². The molecule has 0 aliphatic rings. The van der Waals surface area contributed by atoms with Crippen LogP contribution in [-0.2, 0) is 0 Å². The molecule has 3 heteroatoms. The number of para-hydroxylation sites is 1. The standard InChI is InChI=1S/C15H10O3/c16-13-11-8-4-5-9-12(11)18-15(14(13)17)10-6-2-1-3-7-10/h1-9,17H/p-1. The van der Waals surface area contributed by atoms with Crippen molar-refractivity contribution in [1.29, 1.82) is 0 Å². The maximum absolute atomic E-state index is 12.0. The van der Waals surface area contributed by atoms with Crippen LogP contribution in [-0.4, -0.2) is 0 Å². The summed E-state index contributed by atoms with van der Waals surface area (Å²) in [5.74, 6) is -0.501. The van der Waals surface area contributed by atoms with Crippen LogP contribution >= 0.6 is 0 Å². The fraction of sp³-hybridized carbons (Fsp3) is 0. The lowest BCUT2D eigenvalue weighted by Crippen LogP contribution is -2.11. The molecule has 0 aliphatic carbocycles. The number of fused-ring (bicyclic) bond motifs is 1. The van der Waals surface area contributed by atoms with Gasteiger partial charge in [-0.1, -0.05) is 42.5 Å². The highest BCUT2D eigenvalue weighted by Gasteiger charge is 2.08. The van der Waals surface area contributed by atoms with Gasteiger partial charge in [0.05, 0.1) is 5.39 Å². The third-order valence-electron chi connectivity index (χ3n) is 2.79. The average Bonchev–Trinajstić information content (AvgIpc) is 2.44. The Kier molecular flexibility index (Phi) is 2.38. The van der Waals surface area contributed by atoms with Gasteiger partial charge >= 0.3 is 0 Å². The largest absolute Gasteiger partial charge is 0.867 e. The van der Waals surface area contributed by atoms with Crippen molar-refractivity contribution in [1.82, 2.24) is 0 Å². The first kappa shape index (κ1) is 10.6. The first-order valence-electron chi connectivity index (χ1n) is 5.55. The van der Waals surface area contributed by atoms with E-state index < -0.39 is 11.2 Å². The predicted molar refractivity (Wildman–Crippen MR) is 67.4 cm³/mol. The Labute approximate surface area is 103 Å². The van der Waals surface area contributed by atoms with Crippen molar-refractivity contribution in [3.8, 4) is 17.1 Å². The number of benzene rings is 2. The Morgan fingerprint density at radius 2 is 1.56 bits per heavy atom. The summed E-state index contributed by atoms with van der Waals surface area (Å²) in [6, 6.07) is 15.7. The molecule has 88 valence electrons. The molecule has 0 saturated heterocycles. The van der Waals surface area contributed by atoms with Gasteiger partial charge in [-0.15, -0.1) is 0 Å². The van der Waals surface area contributed by atoms with Crippen LogP contribution in [0.5, 0.6) is 5.75 Å². The molecule has 0 spiro atoms. The van der Waals surface area contributed by atoms with Crippen LogP contribution in [0.2, 0.25) is 0 Å². The van der Waals surface area contributed by atoms with E-state index in [-0.39, 0.29) is 5.76 Å². The van der Waals surface area contributed by atoms with Crippen LogP contribution in [0.3, 0.4) is 0 Å². The van der Waals surface area contributed by atoms with Crippen LogP contribution in [0, 0.1) is 0 Å². The Morgan fingerprint density at radius 3 is 2.33 bits per heavy atom. The molecule has 3 aromatic rings. The lowest BCUT2D eigenvalue weighted by Gasteiger charge is -2.12. The van der Waals surface area contributed by atoms with E-state index >= 15 is 0 Å². The minimum absolute atomic E-state index is 0.0966. The molecular formula is C15H9O3-. The van der Waals surface area contributed by atoms with Crippen LogP contribution in [0.25, 0.3) is 22.3 Å². The molecule has 0 saturated carbocycles. The van der Waals surface area contributed by atoms with E-state index in [1.54, 1.807) is 48.5 Å². The second-order valence-corrected chi connectivity index (χ2v) is 3.95. The van der Waals surface area contributed by atoms with Gasteiger partial charge in [-0.3, -0.25) is 4.79 Å². The summed E-state index contributed by atoms with van der Waals surface area (Å²) < 4.78 is 5.55. The third-order valence-corrected chi connectivity index (χ3v) is 2.79. The van der Waals surface area contributed by atoms with Crippen LogP contribution < -0.4 is 10.5 Å². The van der Waals surface area contributed by atoms with Crippen molar-refractivity contribution < 1.29 is 9.52 Å². The zero-order chi connectivity index (χ0) is 12.5. The molecule has 0 fully saturated rings. The van der Waals surface area contributed by atoms with E-state index in [0.717, 1.165) is 0 Å². The van der Waals surface area contributed by atoms with Gasteiger partial charge < -0.3 is 9.52 Å². The van der Waals surface area contributed by atoms with E-state index in [0.29, 0.717) is 16.5 Å². The summed E-state index contributed by atoms with van der Waals surface area (Å²) in [6.45, 7) is 0. The van der Waals surface area contributed by atoms with E-state index in [2.05, 4.69) is 0 Å². The van der Waals surface area contributed by atoms with Gasteiger partial charge in [-0.25, -0.2) is 0 Å². The normalized spacial score (nSPS) is 10.7. The molecule has 3 nitrogen and oxygen atoms in total. The molecule has 3 rings (SSSR count). The molecule has 0 bridgehead atoms. The zero-order valence-electron chi connectivity index (χ0n) is 9.42. The second-order valence-electron chi connectivity index (χ2n) is 3.95. The summed E-state index contributed by atoms with van der Waals surface area (Å²) in [4.78, 5) is 11.9. The molecular weight excluding hydrogens is 228 g/mol. The Bertz CT molecular complexity index is 758. The van der Waals surface area contributed by atoms with Gasteiger partial charge in [0, 0.05) is 5.56 Å². The van der Waals surface area contributed by atoms with Crippen molar-refractivity contribution >= 4 is 11.0 Å². The maximum atomic E-state index is 12.0. The number of rotatable bonds is 1. The smallest absolute Gasteiger partial charge is 0.185 e. The highest BCUT2D eigenvalue weighted by atomic mass is 16.4.